The van der Waals surface area contributed by atoms with Crippen molar-refractivity contribution in [1.29, 1.82) is 0 Å². The van der Waals surface area contributed by atoms with Crippen LogP contribution < -0.4 is 4.90 Å². The number of nitrogens with zero attached hydrogens (tertiary/aromatic N) is 1. The van der Waals surface area contributed by atoms with Gasteiger partial charge in [0.1, 0.15) is 0 Å². The quantitative estimate of drug-likeness (QED) is 0.164. The first-order valence-corrected chi connectivity index (χ1v) is 18.1. The van der Waals surface area contributed by atoms with Crippen molar-refractivity contribution in [2.75, 3.05) is 4.90 Å². The Bertz CT molecular complexity index is 2410. The minimum Gasteiger partial charge on any atom is -0.311 e. The summed E-state index contributed by atoms with van der Waals surface area (Å²) in [5, 5.41) is 0. The van der Waals surface area contributed by atoms with Gasteiger partial charge in [0, 0.05) is 22.5 Å². The molecule has 0 aromatic heterocycles. The molecule has 0 heterocycles. The van der Waals surface area contributed by atoms with E-state index < -0.39 is 0 Å². The summed E-state index contributed by atoms with van der Waals surface area (Å²) in [6.45, 7) is 4.70. The van der Waals surface area contributed by atoms with E-state index in [-0.39, 0.29) is 5.41 Å². The molecular weight excluding hydrogens is 627 g/mol. The molecule has 1 nitrogen and oxygen atoms in total. The highest BCUT2D eigenvalue weighted by atomic mass is 15.1. The molecule has 248 valence electrons. The monoisotopic (exact) mass is 665 g/mol. The van der Waals surface area contributed by atoms with E-state index in [4.69, 9.17) is 0 Å². The van der Waals surface area contributed by atoms with E-state index in [9.17, 15) is 0 Å². The lowest BCUT2D eigenvalue weighted by Crippen LogP contribution is -2.14. The van der Waals surface area contributed by atoms with Crippen molar-refractivity contribution in [3.63, 3.8) is 0 Å². The average molecular weight is 666 g/mol. The zero-order valence-electron chi connectivity index (χ0n) is 29.5. The number of hydrogen-bond acceptors (Lipinski definition) is 1. The molecule has 0 amide bonds. The second-order valence-corrected chi connectivity index (χ2v) is 14.2. The molecular formula is C51H39N. The first-order valence-electron chi connectivity index (χ1n) is 18.1. The third kappa shape index (κ3) is 5.61. The summed E-state index contributed by atoms with van der Waals surface area (Å²) in [7, 11) is 0. The van der Waals surface area contributed by atoms with Gasteiger partial charge in [-0.05, 0) is 109 Å². The first kappa shape index (κ1) is 31.5. The van der Waals surface area contributed by atoms with Crippen molar-refractivity contribution in [3.05, 3.63) is 211 Å². The van der Waals surface area contributed by atoms with Gasteiger partial charge < -0.3 is 4.90 Å². The van der Waals surface area contributed by atoms with Crippen LogP contribution >= 0.6 is 0 Å². The second kappa shape index (κ2) is 13.0. The molecule has 0 saturated carbocycles. The number of fused-ring (bicyclic) bond motifs is 3. The minimum atomic E-state index is -0.0411. The lowest BCUT2D eigenvalue weighted by atomic mass is 9.81. The molecule has 0 atom stereocenters. The fourth-order valence-corrected chi connectivity index (χ4v) is 7.96. The number of rotatable bonds is 7. The Hall–Kier alpha value is -6.44. The highest BCUT2D eigenvalue weighted by Gasteiger charge is 2.35. The zero-order valence-corrected chi connectivity index (χ0v) is 29.5. The Morgan fingerprint density at radius 3 is 1.17 bits per heavy atom. The lowest BCUT2D eigenvalue weighted by Gasteiger charge is -2.26. The van der Waals surface area contributed by atoms with Crippen LogP contribution in [0.3, 0.4) is 0 Å². The van der Waals surface area contributed by atoms with Gasteiger partial charge in [0.25, 0.3) is 0 Å². The topological polar surface area (TPSA) is 3.24 Å². The van der Waals surface area contributed by atoms with Gasteiger partial charge in [-0.15, -0.1) is 0 Å². The zero-order chi connectivity index (χ0) is 35.1. The van der Waals surface area contributed by atoms with Crippen molar-refractivity contribution in [2.24, 2.45) is 0 Å². The van der Waals surface area contributed by atoms with E-state index in [0.717, 1.165) is 17.1 Å². The fourth-order valence-electron chi connectivity index (χ4n) is 7.96. The van der Waals surface area contributed by atoms with E-state index >= 15 is 0 Å². The molecule has 0 N–H and O–H groups in total. The summed E-state index contributed by atoms with van der Waals surface area (Å²) < 4.78 is 0. The van der Waals surface area contributed by atoms with Crippen LogP contribution in [0.2, 0.25) is 0 Å². The summed E-state index contributed by atoms with van der Waals surface area (Å²) in [5.74, 6) is 0. The van der Waals surface area contributed by atoms with Gasteiger partial charge in [0.2, 0.25) is 0 Å². The first-order chi connectivity index (χ1) is 25.5. The Morgan fingerprint density at radius 1 is 0.288 bits per heavy atom. The normalized spacial score (nSPS) is 12.6. The predicted molar refractivity (Wildman–Crippen MR) is 220 cm³/mol. The van der Waals surface area contributed by atoms with Crippen LogP contribution in [0.4, 0.5) is 17.1 Å². The summed E-state index contributed by atoms with van der Waals surface area (Å²) in [6, 6.07) is 72.7. The molecule has 52 heavy (non-hydrogen) atoms. The maximum Gasteiger partial charge on any atom is 0.0462 e. The Kier molecular flexibility index (Phi) is 7.90. The Morgan fingerprint density at radius 2 is 0.654 bits per heavy atom. The second-order valence-electron chi connectivity index (χ2n) is 14.2. The maximum absolute atomic E-state index is 2.42. The summed E-state index contributed by atoms with van der Waals surface area (Å²) in [4.78, 5) is 2.35. The van der Waals surface area contributed by atoms with Gasteiger partial charge >= 0.3 is 0 Å². The van der Waals surface area contributed by atoms with E-state index in [1.165, 1.54) is 66.8 Å². The molecule has 0 bridgehead atoms. The van der Waals surface area contributed by atoms with E-state index in [2.05, 4.69) is 219 Å². The van der Waals surface area contributed by atoms with E-state index in [1.807, 2.05) is 0 Å². The van der Waals surface area contributed by atoms with Crippen molar-refractivity contribution < 1.29 is 0 Å². The summed E-state index contributed by atoms with van der Waals surface area (Å²) in [5.41, 5.74) is 18.5. The highest BCUT2D eigenvalue weighted by molar-refractivity contribution is 5.89. The molecule has 8 aromatic carbocycles. The molecule has 0 fully saturated rings. The molecule has 1 aliphatic carbocycles. The van der Waals surface area contributed by atoms with Gasteiger partial charge in [0.15, 0.2) is 0 Å². The largest absolute Gasteiger partial charge is 0.311 e. The van der Waals surface area contributed by atoms with Gasteiger partial charge in [-0.2, -0.15) is 0 Å². The maximum atomic E-state index is 2.42. The molecule has 0 radical (unpaired) electrons. The van der Waals surface area contributed by atoms with Gasteiger partial charge in [0.05, 0.1) is 0 Å². The van der Waals surface area contributed by atoms with Crippen LogP contribution in [0.25, 0.3) is 55.6 Å². The van der Waals surface area contributed by atoms with E-state index in [0.29, 0.717) is 0 Å². The highest BCUT2D eigenvalue weighted by Crippen LogP contribution is 2.50. The summed E-state index contributed by atoms with van der Waals surface area (Å²) in [6.07, 6.45) is 0. The molecule has 1 aliphatic rings. The minimum absolute atomic E-state index is 0.0411. The third-order valence-corrected chi connectivity index (χ3v) is 10.7. The molecule has 0 saturated heterocycles. The fraction of sp³-hybridized carbons (Fsp3) is 0.0588. The van der Waals surface area contributed by atoms with Crippen molar-refractivity contribution in [3.8, 4) is 55.6 Å². The van der Waals surface area contributed by atoms with Crippen molar-refractivity contribution in [2.45, 2.75) is 19.3 Å². The van der Waals surface area contributed by atoms with Gasteiger partial charge in [-0.3, -0.25) is 0 Å². The molecule has 8 aromatic rings. The SMILES string of the molecule is CC1(C)c2ccccc2-c2ccc(-c3ccccc3-c3ccc(N(c4ccc(-c5ccccc5)cc4)c4ccc(-c5ccccc5)cc4)cc3)cc21. The average Bonchev–Trinajstić information content (AvgIpc) is 3.45. The lowest BCUT2D eigenvalue weighted by molar-refractivity contribution is 0.660. The van der Waals surface area contributed by atoms with E-state index in [1.54, 1.807) is 0 Å². The van der Waals surface area contributed by atoms with Gasteiger partial charge in [-0.25, -0.2) is 0 Å². The molecule has 0 spiro atoms. The molecule has 1 heteroatoms. The van der Waals surface area contributed by atoms with Crippen LogP contribution in [0.15, 0.2) is 200 Å². The van der Waals surface area contributed by atoms with Crippen LogP contribution in [0.5, 0.6) is 0 Å². The van der Waals surface area contributed by atoms with Crippen LogP contribution in [-0.4, -0.2) is 0 Å². The van der Waals surface area contributed by atoms with Crippen LogP contribution in [-0.2, 0) is 5.41 Å². The number of anilines is 3. The molecule has 9 rings (SSSR count). The smallest absolute Gasteiger partial charge is 0.0462 e. The van der Waals surface area contributed by atoms with Crippen molar-refractivity contribution >= 4 is 17.1 Å². The molecule has 0 aliphatic heterocycles. The number of hydrogen-bond donors (Lipinski definition) is 0. The van der Waals surface area contributed by atoms with Gasteiger partial charge in [-0.1, -0.05) is 172 Å². The Labute approximate surface area is 307 Å². The summed E-state index contributed by atoms with van der Waals surface area (Å²) >= 11 is 0. The third-order valence-electron chi connectivity index (χ3n) is 10.7. The predicted octanol–water partition coefficient (Wildman–Crippen LogP) is 14.1. The van der Waals surface area contributed by atoms with Crippen LogP contribution in [0, 0.1) is 0 Å². The number of benzene rings is 8. The van der Waals surface area contributed by atoms with Crippen molar-refractivity contribution in [1.82, 2.24) is 0 Å². The Balaban J connectivity index is 1.08. The van der Waals surface area contributed by atoms with Crippen LogP contribution in [0.1, 0.15) is 25.0 Å². The standard InChI is InChI=1S/C51H39N/c1-51(2)49-20-12-11-19-47(49)48-34-27-41(35-50(48)51)46-18-10-9-17-45(46)40-25-32-44(33-26-40)52(42-28-21-38(22-29-42)36-13-5-3-6-14-36)43-30-23-39(24-31-43)37-15-7-4-8-16-37/h3-35H,1-2H3. The molecule has 0 unspecified atom stereocenters.